The van der Waals surface area contributed by atoms with E-state index in [0.29, 0.717) is 4.47 Å². The van der Waals surface area contributed by atoms with E-state index in [0.717, 1.165) is 22.0 Å². The molecule has 18 heavy (non-hydrogen) atoms. The average molecular weight is 330 g/mol. The minimum Gasteiger partial charge on any atom is -0.311 e. The Kier molecular flexibility index (Phi) is 4.42. The van der Waals surface area contributed by atoms with Crippen molar-refractivity contribution >= 4 is 27.3 Å². The van der Waals surface area contributed by atoms with E-state index in [1.54, 1.807) is 6.07 Å². The zero-order chi connectivity index (χ0) is 13.1. The van der Waals surface area contributed by atoms with Gasteiger partial charge >= 0.3 is 0 Å². The summed E-state index contributed by atoms with van der Waals surface area (Å²) in [6.07, 6.45) is 0.954. The molecule has 0 bridgehead atoms. The molecule has 2 aromatic rings. The lowest BCUT2D eigenvalue weighted by Crippen LogP contribution is -2.14. The molecule has 0 saturated heterocycles. The zero-order valence-electron chi connectivity index (χ0n) is 10.1. The van der Waals surface area contributed by atoms with Crippen molar-refractivity contribution < 1.29 is 4.39 Å². The number of nitrogens with zero attached hydrogens (tertiary/aromatic N) is 2. The monoisotopic (exact) mass is 329 g/mol. The van der Waals surface area contributed by atoms with E-state index in [2.05, 4.69) is 38.4 Å². The second-order valence-corrected chi connectivity index (χ2v) is 5.68. The number of nitrogens with one attached hydrogen (secondary N) is 1. The van der Waals surface area contributed by atoms with Crippen LogP contribution in [0.4, 0.5) is 4.39 Å². The van der Waals surface area contributed by atoms with Gasteiger partial charge in [-0.3, -0.25) is 0 Å². The Balaban J connectivity index is 2.34. The summed E-state index contributed by atoms with van der Waals surface area (Å²) in [4.78, 5) is 0. The smallest absolute Gasteiger partial charge is 0.148 e. The number of rotatable bonds is 4. The number of hydrogen-bond donors (Lipinski definition) is 1. The van der Waals surface area contributed by atoms with Crippen LogP contribution >= 0.6 is 27.3 Å². The van der Waals surface area contributed by atoms with Crippen molar-refractivity contribution in [3.8, 4) is 10.6 Å². The Labute approximate surface area is 118 Å². The molecule has 0 spiro atoms. The second kappa shape index (κ2) is 5.86. The Bertz CT molecular complexity index is 540. The summed E-state index contributed by atoms with van der Waals surface area (Å²) in [5, 5.41) is 13.3. The van der Waals surface area contributed by atoms with Crippen molar-refractivity contribution in [1.82, 2.24) is 15.5 Å². The molecule has 1 atom stereocenters. The fourth-order valence-electron chi connectivity index (χ4n) is 1.65. The van der Waals surface area contributed by atoms with Gasteiger partial charge < -0.3 is 5.32 Å². The molecule has 1 heterocycles. The van der Waals surface area contributed by atoms with Gasteiger partial charge in [-0.15, -0.1) is 10.2 Å². The third-order valence-electron chi connectivity index (χ3n) is 2.66. The van der Waals surface area contributed by atoms with Gasteiger partial charge in [0, 0.05) is 10.0 Å². The number of aromatic nitrogens is 2. The van der Waals surface area contributed by atoms with E-state index in [1.807, 2.05) is 7.05 Å². The first-order chi connectivity index (χ1) is 8.65. The zero-order valence-corrected chi connectivity index (χ0v) is 12.5. The Morgan fingerprint density at radius 2 is 2.22 bits per heavy atom. The minimum absolute atomic E-state index is 0.218. The molecule has 1 aromatic heterocycles. The molecular formula is C12H13BrFN3S. The summed E-state index contributed by atoms with van der Waals surface area (Å²) >= 11 is 4.87. The van der Waals surface area contributed by atoms with Crippen LogP contribution in [-0.2, 0) is 0 Å². The SMILES string of the molecule is CCC(NC)c1nnc(-c2ccc(F)cc2Br)s1. The highest BCUT2D eigenvalue weighted by molar-refractivity contribution is 9.10. The first kappa shape index (κ1) is 13.6. The van der Waals surface area contributed by atoms with E-state index in [1.165, 1.54) is 23.5 Å². The Morgan fingerprint density at radius 3 is 2.83 bits per heavy atom. The van der Waals surface area contributed by atoms with Crippen LogP contribution in [0.15, 0.2) is 22.7 Å². The molecule has 1 N–H and O–H groups in total. The fraction of sp³-hybridized carbons (Fsp3) is 0.333. The highest BCUT2D eigenvalue weighted by atomic mass is 79.9. The molecule has 0 radical (unpaired) electrons. The molecule has 0 aliphatic heterocycles. The summed E-state index contributed by atoms with van der Waals surface area (Å²) in [5.41, 5.74) is 0.867. The van der Waals surface area contributed by atoms with Crippen LogP contribution in [-0.4, -0.2) is 17.2 Å². The molecule has 0 saturated carbocycles. The van der Waals surface area contributed by atoms with Gasteiger partial charge in [-0.05, 0) is 47.6 Å². The van der Waals surface area contributed by atoms with E-state index in [9.17, 15) is 4.39 Å². The van der Waals surface area contributed by atoms with E-state index >= 15 is 0 Å². The molecule has 0 aliphatic carbocycles. The molecule has 0 fully saturated rings. The quantitative estimate of drug-likeness (QED) is 0.927. The molecule has 96 valence electrons. The fourth-order valence-corrected chi connectivity index (χ4v) is 3.40. The van der Waals surface area contributed by atoms with Gasteiger partial charge in [0.25, 0.3) is 0 Å². The standard InChI is InChI=1S/C12H13BrFN3S/c1-3-10(15-2)12-17-16-11(18-12)8-5-4-7(14)6-9(8)13/h4-6,10,15H,3H2,1-2H3. The van der Waals surface area contributed by atoms with Crippen molar-refractivity contribution in [2.45, 2.75) is 19.4 Å². The highest BCUT2D eigenvalue weighted by Gasteiger charge is 2.15. The molecular weight excluding hydrogens is 317 g/mol. The summed E-state index contributed by atoms with van der Waals surface area (Å²) in [6, 6.07) is 4.79. The third kappa shape index (κ3) is 2.76. The van der Waals surface area contributed by atoms with Crippen molar-refractivity contribution in [2.24, 2.45) is 0 Å². The van der Waals surface area contributed by atoms with Crippen LogP contribution in [0.3, 0.4) is 0 Å². The van der Waals surface area contributed by atoms with Crippen LogP contribution in [0.2, 0.25) is 0 Å². The van der Waals surface area contributed by atoms with Crippen molar-refractivity contribution in [3.05, 3.63) is 33.5 Å². The van der Waals surface area contributed by atoms with Gasteiger partial charge in [-0.2, -0.15) is 0 Å². The van der Waals surface area contributed by atoms with Crippen LogP contribution in [0.1, 0.15) is 24.4 Å². The van der Waals surface area contributed by atoms with E-state index in [-0.39, 0.29) is 11.9 Å². The Hall–Kier alpha value is -0.850. The molecule has 6 heteroatoms. The third-order valence-corrected chi connectivity index (χ3v) is 4.38. The summed E-state index contributed by atoms with van der Waals surface area (Å²) in [5.74, 6) is -0.267. The molecule has 2 rings (SSSR count). The molecule has 1 aromatic carbocycles. The predicted octanol–water partition coefficient (Wildman–Crippen LogP) is 3.78. The first-order valence-electron chi connectivity index (χ1n) is 5.61. The lowest BCUT2D eigenvalue weighted by atomic mass is 10.2. The highest BCUT2D eigenvalue weighted by Crippen LogP contribution is 2.33. The van der Waals surface area contributed by atoms with Gasteiger partial charge in [0.2, 0.25) is 0 Å². The van der Waals surface area contributed by atoms with E-state index < -0.39 is 0 Å². The lowest BCUT2D eigenvalue weighted by molar-refractivity contribution is 0.568. The van der Waals surface area contributed by atoms with Crippen molar-refractivity contribution in [1.29, 1.82) is 0 Å². The molecule has 1 unspecified atom stereocenters. The van der Waals surface area contributed by atoms with Crippen LogP contribution in [0.5, 0.6) is 0 Å². The van der Waals surface area contributed by atoms with Crippen molar-refractivity contribution in [3.63, 3.8) is 0 Å². The molecule has 0 aliphatic rings. The first-order valence-corrected chi connectivity index (χ1v) is 7.22. The van der Waals surface area contributed by atoms with Gasteiger partial charge in [-0.1, -0.05) is 18.3 Å². The molecule has 0 amide bonds. The van der Waals surface area contributed by atoms with Crippen LogP contribution < -0.4 is 5.32 Å². The summed E-state index contributed by atoms with van der Waals surface area (Å²) in [6.45, 7) is 2.09. The van der Waals surface area contributed by atoms with Crippen LogP contribution in [0, 0.1) is 5.82 Å². The minimum atomic E-state index is -0.267. The normalized spacial score (nSPS) is 12.7. The number of benzene rings is 1. The second-order valence-electron chi connectivity index (χ2n) is 3.82. The van der Waals surface area contributed by atoms with Crippen molar-refractivity contribution in [2.75, 3.05) is 7.05 Å². The van der Waals surface area contributed by atoms with E-state index in [4.69, 9.17) is 0 Å². The maximum atomic E-state index is 13.0. The maximum Gasteiger partial charge on any atom is 0.148 e. The topological polar surface area (TPSA) is 37.8 Å². The van der Waals surface area contributed by atoms with Gasteiger partial charge in [0.15, 0.2) is 0 Å². The summed E-state index contributed by atoms with van der Waals surface area (Å²) in [7, 11) is 1.91. The molecule has 3 nitrogen and oxygen atoms in total. The van der Waals surface area contributed by atoms with Gasteiger partial charge in [-0.25, -0.2) is 4.39 Å². The largest absolute Gasteiger partial charge is 0.311 e. The van der Waals surface area contributed by atoms with Gasteiger partial charge in [0.05, 0.1) is 6.04 Å². The van der Waals surface area contributed by atoms with Gasteiger partial charge in [0.1, 0.15) is 15.8 Å². The van der Waals surface area contributed by atoms with Crippen LogP contribution in [0.25, 0.3) is 10.6 Å². The maximum absolute atomic E-state index is 13.0. The lowest BCUT2D eigenvalue weighted by Gasteiger charge is -2.08. The Morgan fingerprint density at radius 1 is 1.44 bits per heavy atom. The summed E-state index contributed by atoms with van der Waals surface area (Å²) < 4.78 is 13.7. The number of hydrogen-bond acceptors (Lipinski definition) is 4. The number of halogens is 2. The predicted molar refractivity (Wildman–Crippen MR) is 75.1 cm³/mol. The average Bonchev–Trinajstić information content (AvgIpc) is 2.80.